The number of likely N-dealkylation sites (tertiary alicyclic amines) is 2. The predicted octanol–water partition coefficient (Wildman–Crippen LogP) is 2.71. The molecule has 0 saturated carbocycles. The van der Waals surface area contributed by atoms with Gasteiger partial charge >= 0.3 is 0 Å². The van der Waals surface area contributed by atoms with Gasteiger partial charge < -0.3 is 14.5 Å². The second-order valence-corrected chi connectivity index (χ2v) is 7.45. The van der Waals surface area contributed by atoms with E-state index in [4.69, 9.17) is 4.74 Å². The van der Waals surface area contributed by atoms with E-state index in [-0.39, 0.29) is 23.3 Å². The highest BCUT2D eigenvalue weighted by atomic mass is 16.5. The lowest BCUT2D eigenvalue weighted by Gasteiger charge is -2.41. The molecule has 0 bridgehead atoms. The van der Waals surface area contributed by atoms with Crippen LogP contribution in [-0.4, -0.2) is 53.9 Å². The lowest BCUT2D eigenvalue weighted by Crippen LogP contribution is -2.52. The predicted molar refractivity (Wildman–Crippen MR) is 96.3 cm³/mol. The Morgan fingerprint density at radius 3 is 2.68 bits per heavy atom. The Morgan fingerprint density at radius 1 is 1.20 bits per heavy atom. The fourth-order valence-electron chi connectivity index (χ4n) is 3.99. The van der Waals surface area contributed by atoms with Crippen LogP contribution >= 0.6 is 0 Å². The molecule has 2 aliphatic heterocycles. The highest BCUT2D eigenvalue weighted by Crippen LogP contribution is 2.40. The molecule has 2 saturated heterocycles. The number of para-hydroxylation sites is 1. The monoisotopic (exact) mass is 344 g/mol. The van der Waals surface area contributed by atoms with E-state index in [1.807, 2.05) is 40.1 Å². The fourth-order valence-corrected chi connectivity index (χ4v) is 3.99. The lowest BCUT2D eigenvalue weighted by atomic mass is 9.78. The average molecular weight is 344 g/mol. The van der Waals surface area contributed by atoms with Crippen LogP contribution in [0.2, 0.25) is 0 Å². The molecule has 1 atom stereocenters. The van der Waals surface area contributed by atoms with E-state index in [0.717, 1.165) is 31.6 Å². The van der Waals surface area contributed by atoms with Crippen molar-refractivity contribution in [3.8, 4) is 5.75 Å². The van der Waals surface area contributed by atoms with Gasteiger partial charge in [0.15, 0.2) is 0 Å². The number of hydrogen-bond donors (Lipinski definition) is 0. The molecule has 1 aromatic carbocycles. The third kappa shape index (κ3) is 3.80. The molecule has 5 heteroatoms. The van der Waals surface area contributed by atoms with Crippen LogP contribution in [0.3, 0.4) is 0 Å². The number of carbonyl (C=O) groups is 2. The first-order valence-corrected chi connectivity index (χ1v) is 9.28. The van der Waals surface area contributed by atoms with E-state index in [2.05, 4.69) is 13.8 Å². The van der Waals surface area contributed by atoms with Crippen LogP contribution in [0.1, 0.15) is 39.5 Å². The molecule has 0 aromatic heterocycles. The first kappa shape index (κ1) is 17.8. The number of piperidine rings is 1. The highest BCUT2D eigenvalue weighted by Gasteiger charge is 2.49. The van der Waals surface area contributed by atoms with Crippen LogP contribution in [0, 0.1) is 5.41 Å². The summed E-state index contributed by atoms with van der Waals surface area (Å²) in [4.78, 5) is 29.3. The van der Waals surface area contributed by atoms with E-state index in [1.165, 1.54) is 0 Å². The van der Waals surface area contributed by atoms with Crippen molar-refractivity contribution in [2.75, 3.05) is 26.2 Å². The Balaban J connectivity index is 1.53. The first-order chi connectivity index (χ1) is 12.0. The number of nitrogens with zero attached hydrogens (tertiary/aromatic N) is 2. The SMILES string of the molecule is CC(C)N1CCC[C@]2(CCN(C(=O)CCOc3ccccc3)C2)C1=O. The molecule has 3 rings (SSSR count). The van der Waals surface area contributed by atoms with Crippen molar-refractivity contribution in [2.24, 2.45) is 5.41 Å². The summed E-state index contributed by atoms with van der Waals surface area (Å²) in [5.74, 6) is 1.11. The van der Waals surface area contributed by atoms with Gasteiger partial charge in [-0.1, -0.05) is 18.2 Å². The molecule has 1 aromatic rings. The number of ether oxygens (including phenoxy) is 1. The molecular weight excluding hydrogens is 316 g/mol. The molecule has 5 nitrogen and oxygen atoms in total. The standard InChI is InChI=1S/C20H28N2O3/c1-16(2)22-12-6-10-20(19(22)24)11-13-21(15-20)18(23)9-14-25-17-7-4-3-5-8-17/h3-5,7-8,16H,6,9-15H2,1-2H3/t20-/m1/s1. The molecule has 2 amide bonds. The highest BCUT2D eigenvalue weighted by molar-refractivity contribution is 5.86. The third-order valence-electron chi connectivity index (χ3n) is 5.43. The second-order valence-electron chi connectivity index (χ2n) is 7.45. The maximum absolute atomic E-state index is 12.9. The van der Waals surface area contributed by atoms with Gasteiger partial charge in [-0.15, -0.1) is 0 Å². The summed E-state index contributed by atoms with van der Waals surface area (Å²) in [6.07, 6.45) is 3.08. The Labute approximate surface area is 149 Å². The zero-order valence-corrected chi connectivity index (χ0v) is 15.2. The largest absolute Gasteiger partial charge is 0.493 e. The second kappa shape index (κ2) is 7.46. The quantitative estimate of drug-likeness (QED) is 0.825. The number of carbonyl (C=O) groups excluding carboxylic acids is 2. The Kier molecular flexibility index (Phi) is 5.30. The van der Waals surface area contributed by atoms with Gasteiger partial charge in [-0.2, -0.15) is 0 Å². The van der Waals surface area contributed by atoms with Crippen LogP contribution in [0.4, 0.5) is 0 Å². The molecule has 2 fully saturated rings. The fraction of sp³-hybridized carbons (Fsp3) is 0.600. The van der Waals surface area contributed by atoms with Gasteiger partial charge in [0.05, 0.1) is 18.4 Å². The number of benzene rings is 1. The average Bonchev–Trinajstić information content (AvgIpc) is 3.03. The Morgan fingerprint density at radius 2 is 1.96 bits per heavy atom. The topological polar surface area (TPSA) is 49.9 Å². The van der Waals surface area contributed by atoms with Gasteiger partial charge in [0.25, 0.3) is 0 Å². The van der Waals surface area contributed by atoms with Crippen LogP contribution < -0.4 is 4.74 Å². The summed E-state index contributed by atoms with van der Waals surface area (Å²) in [7, 11) is 0. The van der Waals surface area contributed by atoms with Gasteiger partial charge in [-0.3, -0.25) is 9.59 Å². The van der Waals surface area contributed by atoms with Crippen LogP contribution in [-0.2, 0) is 9.59 Å². The van der Waals surface area contributed by atoms with E-state index in [0.29, 0.717) is 26.1 Å². The molecule has 25 heavy (non-hydrogen) atoms. The molecule has 2 heterocycles. The summed E-state index contributed by atoms with van der Waals surface area (Å²) in [5.41, 5.74) is -0.349. The van der Waals surface area contributed by atoms with Gasteiger partial charge in [0.1, 0.15) is 5.75 Å². The maximum atomic E-state index is 12.9. The van der Waals surface area contributed by atoms with Crippen molar-refractivity contribution in [1.82, 2.24) is 9.80 Å². The minimum Gasteiger partial charge on any atom is -0.493 e. The Bertz CT molecular complexity index is 617. The summed E-state index contributed by atoms with van der Waals surface area (Å²) in [6.45, 7) is 6.60. The summed E-state index contributed by atoms with van der Waals surface area (Å²) >= 11 is 0. The van der Waals surface area contributed by atoms with Crippen molar-refractivity contribution < 1.29 is 14.3 Å². The molecular formula is C20H28N2O3. The number of hydrogen-bond acceptors (Lipinski definition) is 3. The van der Waals surface area contributed by atoms with E-state index < -0.39 is 0 Å². The molecule has 0 radical (unpaired) electrons. The van der Waals surface area contributed by atoms with Gasteiger partial charge in [0.2, 0.25) is 11.8 Å². The van der Waals surface area contributed by atoms with E-state index >= 15 is 0 Å². The van der Waals surface area contributed by atoms with Gasteiger partial charge in [-0.25, -0.2) is 0 Å². The van der Waals surface area contributed by atoms with Gasteiger partial charge in [-0.05, 0) is 45.2 Å². The number of rotatable bonds is 5. The van der Waals surface area contributed by atoms with Crippen molar-refractivity contribution in [3.63, 3.8) is 0 Å². The summed E-state index contributed by atoms with van der Waals surface area (Å²) < 4.78 is 5.62. The lowest BCUT2D eigenvalue weighted by molar-refractivity contribution is -0.148. The molecule has 0 unspecified atom stereocenters. The van der Waals surface area contributed by atoms with Crippen LogP contribution in [0.5, 0.6) is 5.75 Å². The Hall–Kier alpha value is -2.04. The molecule has 2 aliphatic rings. The molecule has 0 aliphatic carbocycles. The zero-order valence-electron chi connectivity index (χ0n) is 15.2. The van der Waals surface area contributed by atoms with Crippen molar-refractivity contribution in [1.29, 1.82) is 0 Å². The smallest absolute Gasteiger partial charge is 0.230 e. The minimum atomic E-state index is -0.349. The zero-order chi connectivity index (χ0) is 17.9. The summed E-state index contributed by atoms with van der Waals surface area (Å²) in [6, 6.07) is 9.76. The number of amides is 2. The van der Waals surface area contributed by atoms with Crippen molar-refractivity contribution in [3.05, 3.63) is 30.3 Å². The van der Waals surface area contributed by atoms with Crippen LogP contribution in [0.25, 0.3) is 0 Å². The third-order valence-corrected chi connectivity index (χ3v) is 5.43. The molecule has 0 N–H and O–H groups in total. The van der Waals surface area contributed by atoms with E-state index in [1.54, 1.807) is 0 Å². The van der Waals surface area contributed by atoms with Crippen molar-refractivity contribution >= 4 is 11.8 Å². The maximum Gasteiger partial charge on any atom is 0.230 e. The molecule has 1 spiro atoms. The minimum absolute atomic E-state index is 0.0854. The van der Waals surface area contributed by atoms with Crippen molar-refractivity contribution in [2.45, 2.75) is 45.6 Å². The summed E-state index contributed by atoms with van der Waals surface area (Å²) in [5, 5.41) is 0. The van der Waals surface area contributed by atoms with Crippen LogP contribution in [0.15, 0.2) is 30.3 Å². The first-order valence-electron chi connectivity index (χ1n) is 9.28. The normalized spacial score (nSPS) is 23.6. The molecule has 136 valence electrons. The van der Waals surface area contributed by atoms with E-state index in [9.17, 15) is 9.59 Å². The van der Waals surface area contributed by atoms with Gasteiger partial charge in [0, 0.05) is 25.7 Å².